The predicted octanol–water partition coefficient (Wildman–Crippen LogP) is 2.60. The SMILES string of the molecule is C[C@@H](Cn1ccnc1)NC(=O)NCc1csc(Br)c1. The lowest BCUT2D eigenvalue weighted by Gasteiger charge is -2.14. The molecule has 0 saturated carbocycles. The smallest absolute Gasteiger partial charge is 0.315 e. The van der Waals surface area contributed by atoms with Crippen LogP contribution >= 0.6 is 27.3 Å². The molecule has 0 fully saturated rings. The van der Waals surface area contributed by atoms with Crippen LogP contribution in [0.2, 0.25) is 0 Å². The second-order valence-corrected chi connectivity index (χ2v) is 6.54. The number of nitrogens with one attached hydrogen (secondary N) is 2. The van der Waals surface area contributed by atoms with Crippen molar-refractivity contribution in [2.75, 3.05) is 0 Å². The zero-order valence-corrected chi connectivity index (χ0v) is 12.9. The van der Waals surface area contributed by atoms with Crippen LogP contribution in [0.1, 0.15) is 12.5 Å². The highest BCUT2D eigenvalue weighted by Crippen LogP contribution is 2.20. The van der Waals surface area contributed by atoms with Crippen LogP contribution in [0.5, 0.6) is 0 Å². The fourth-order valence-corrected chi connectivity index (χ4v) is 2.86. The van der Waals surface area contributed by atoms with Gasteiger partial charge in [0.05, 0.1) is 10.1 Å². The fraction of sp³-hybridized carbons (Fsp3) is 0.333. The first-order valence-electron chi connectivity index (χ1n) is 5.86. The number of carbonyl (C=O) groups excluding carboxylic acids is 1. The number of halogens is 1. The van der Waals surface area contributed by atoms with Crippen molar-refractivity contribution in [2.24, 2.45) is 0 Å². The summed E-state index contributed by atoms with van der Waals surface area (Å²) in [6.45, 7) is 3.20. The van der Waals surface area contributed by atoms with Gasteiger partial charge in [0.2, 0.25) is 0 Å². The number of thiophene rings is 1. The third kappa shape index (κ3) is 4.68. The van der Waals surface area contributed by atoms with Crippen molar-refractivity contribution in [2.45, 2.75) is 26.1 Å². The molecule has 0 bridgehead atoms. The van der Waals surface area contributed by atoms with E-state index in [1.807, 2.05) is 29.1 Å². The molecule has 0 radical (unpaired) electrons. The van der Waals surface area contributed by atoms with Crippen LogP contribution in [0.25, 0.3) is 0 Å². The molecule has 2 amide bonds. The summed E-state index contributed by atoms with van der Waals surface area (Å²) in [6, 6.07) is 1.89. The maximum atomic E-state index is 11.7. The zero-order chi connectivity index (χ0) is 13.7. The van der Waals surface area contributed by atoms with E-state index in [1.54, 1.807) is 23.9 Å². The van der Waals surface area contributed by atoms with Crippen molar-refractivity contribution >= 4 is 33.3 Å². The fourth-order valence-electron chi connectivity index (χ4n) is 1.65. The summed E-state index contributed by atoms with van der Waals surface area (Å²) in [5, 5.41) is 7.74. The predicted molar refractivity (Wildman–Crippen MR) is 79.1 cm³/mol. The molecule has 0 spiro atoms. The Hall–Kier alpha value is -1.34. The number of hydrogen-bond donors (Lipinski definition) is 2. The van der Waals surface area contributed by atoms with Crippen molar-refractivity contribution in [3.63, 3.8) is 0 Å². The lowest BCUT2D eigenvalue weighted by atomic mass is 10.3. The van der Waals surface area contributed by atoms with E-state index in [0.29, 0.717) is 13.1 Å². The number of hydrogen-bond acceptors (Lipinski definition) is 3. The van der Waals surface area contributed by atoms with Gasteiger partial charge >= 0.3 is 6.03 Å². The van der Waals surface area contributed by atoms with E-state index < -0.39 is 0 Å². The molecule has 0 unspecified atom stereocenters. The van der Waals surface area contributed by atoms with Gasteiger partial charge in [0.1, 0.15) is 0 Å². The van der Waals surface area contributed by atoms with Crippen LogP contribution in [0, 0.1) is 0 Å². The number of carbonyl (C=O) groups is 1. The van der Waals surface area contributed by atoms with Crippen LogP contribution < -0.4 is 10.6 Å². The Kier molecular flexibility index (Phi) is 4.98. The molecule has 0 aliphatic rings. The lowest BCUT2D eigenvalue weighted by molar-refractivity contribution is 0.236. The van der Waals surface area contributed by atoms with Gasteiger partial charge in [-0.1, -0.05) is 0 Å². The monoisotopic (exact) mass is 342 g/mol. The molecule has 2 aromatic heterocycles. The summed E-state index contributed by atoms with van der Waals surface area (Å²) in [6.07, 6.45) is 5.33. The van der Waals surface area contributed by atoms with Gasteiger partial charge in [-0.15, -0.1) is 11.3 Å². The minimum atomic E-state index is -0.157. The standard InChI is InChI=1S/C12H15BrN4OS/c1-9(6-17-3-2-14-8-17)16-12(18)15-5-10-4-11(13)19-7-10/h2-4,7-9H,5-6H2,1H3,(H2,15,16,18)/t9-/m0/s1. The molecule has 0 aliphatic carbocycles. The summed E-state index contributed by atoms with van der Waals surface area (Å²) in [4.78, 5) is 15.7. The third-order valence-electron chi connectivity index (χ3n) is 2.50. The summed E-state index contributed by atoms with van der Waals surface area (Å²) in [5.74, 6) is 0. The van der Waals surface area contributed by atoms with Gasteiger partial charge in [-0.25, -0.2) is 9.78 Å². The summed E-state index contributed by atoms with van der Waals surface area (Å²) in [5.41, 5.74) is 1.09. The Morgan fingerprint density at radius 1 is 1.63 bits per heavy atom. The van der Waals surface area contributed by atoms with Gasteiger partial charge in [-0.2, -0.15) is 0 Å². The van der Waals surface area contributed by atoms with E-state index in [9.17, 15) is 4.79 Å². The molecule has 2 N–H and O–H groups in total. The van der Waals surface area contributed by atoms with Crippen LogP contribution in [0.4, 0.5) is 4.79 Å². The van der Waals surface area contributed by atoms with Crippen LogP contribution in [-0.4, -0.2) is 21.6 Å². The second-order valence-electron chi connectivity index (χ2n) is 4.25. The van der Waals surface area contributed by atoms with Gasteiger partial charge in [-0.05, 0) is 39.9 Å². The first-order chi connectivity index (χ1) is 9.13. The van der Waals surface area contributed by atoms with Crippen molar-refractivity contribution in [3.05, 3.63) is 39.5 Å². The Labute approximate surface area is 124 Å². The molecule has 2 rings (SSSR count). The largest absolute Gasteiger partial charge is 0.335 e. The first-order valence-corrected chi connectivity index (χ1v) is 7.54. The van der Waals surface area contributed by atoms with Crippen LogP contribution in [-0.2, 0) is 13.1 Å². The molecule has 5 nitrogen and oxygen atoms in total. The Bertz CT molecular complexity index is 526. The molecule has 2 aromatic rings. The van der Waals surface area contributed by atoms with Gasteiger partial charge in [0.25, 0.3) is 0 Å². The van der Waals surface area contributed by atoms with E-state index >= 15 is 0 Å². The summed E-state index contributed by atoms with van der Waals surface area (Å²) >= 11 is 5.00. The van der Waals surface area contributed by atoms with Crippen molar-refractivity contribution in [3.8, 4) is 0 Å². The average Bonchev–Trinajstić information content (AvgIpc) is 2.98. The van der Waals surface area contributed by atoms with Gasteiger partial charge in [0.15, 0.2) is 0 Å². The Morgan fingerprint density at radius 2 is 2.47 bits per heavy atom. The average molecular weight is 343 g/mol. The maximum absolute atomic E-state index is 11.7. The number of amides is 2. The van der Waals surface area contributed by atoms with Crippen molar-refractivity contribution in [1.29, 1.82) is 0 Å². The lowest BCUT2D eigenvalue weighted by Crippen LogP contribution is -2.42. The van der Waals surface area contributed by atoms with Crippen molar-refractivity contribution < 1.29 is 4.79 Å². The maximum Gasteiger partial charge on any atom is 0.315 e. The molecular weight excluding hydrogens is 328 g/mol. The van der Waals surface area contributed by atoms with E-state index in [0.717, 1.165) is 9.35 Å². The zero-order valence-electron chi connectivity index (χ0n) is 10.5. The normalized spacial score (nSPS) is 12.1. The van der Waals surface area contributed by atoms with E-state index in [2.05, 4.69) is 31.5 Å². The Morgan fingerprint density at radius 3 is 3.11 bits per heavy atom. The molecule has 0 aliphatic heterocycles. The van der Waals surface area contributed by atoms with E-state index in [4.69, 9.17) is 0 Å². The number of urea groups is 1. The van der Waals surface area contributed by atoms with Gasteiger partial charge < -0.3 is 15.2 Å². The molecule has 102 valence electrons. The summed E-state index contributed by atoms with van der Waals surface area (Å²) < 4.78 is 3.00. The molecule has 19 heavy (non-hydrogen) atoms. The Balaban J connectivity index is 1.71. The van der Waals surface area contributed by atoms with Gasteiger partial charge in [0, 0.05) is 31.5 Å². The topological polar surface area (TPSA) is 59.0 Å². The minimum absolute atomic E-state index is 0.0448. The molecule has 0 aromatic carbocycles. The quantitative estimate of drug-likeness (QED) is 0.877. The highest BCUT2D eigenvalue weighted by molar-refractivity contribution is 9.11. The number of aromatic nitrogens is 2. The molecular formula is C12H15BrN4OS. The molecule has 0 saturated heterocycles. The van der Waals surface area contributed by atoms with Crippen LogP contribution in [0.3, 0.4) is 0 Å². The second kappa shape index (κ2) is 6.72. The summed E-state index contributed by atoms with van der Waals surface area (Å²) in [7, 11) is 0. The number of rotatable bonds is 5. The van der Waals surface area contributed by atoms with Gasteiger partial charge in [-0.3, -0.25) is 0 Å². The van der Waals surface area contributed by atoms with E-state index in [-0.39, 0.29) is 12.1 Å². The van der Waals surface area contributed by atoms with E-state index in [1.165, 1.54) is 0 Å². The van der Waals surface area contributed by atoms with Crippen molar-refractivity contribution in [1.82, 2.24) is 20.2 Å². The highest BCUT2D eigenvalue weighted by Gasteiger charge is 2.07. The number of nitrogens with zero attached hydrogens (tertiary/aromatic N) is 2. The highest BCUT2D eigenvalue weighted by atomic mass is 79.9. The number of imidazole rings is 1. The minimum Gasteiger partial charge on any atom is -0.335 e. The molecule has 2 heterocycles. The molecule has 7 heteroatoms. The first kappa shape index (κ1) is 14.1. The van der Waals surface area contributed by atoms with Crippen LogP contribution in [0.15, 0.2) is 34.0 Å². The molecule has 1 atom stereocenters. The third-order valence-corrected chi connectivity index (χ3v) is 4.05.